The Kier molecular flexibility index (Phi) is 5.67. The van der Waals surface area contributed by atoms with Crippen molar-refractivity contribution in [1.29, 1.82) is 0 Å². The quantitative estimate of drug-likeness (QED) is 0.483. The Bertz CT molecular complexity index is 563. The van der Waals surface area contributed by atoms with Crippen LogP contribution in [0.25, 0.3) is 0 Å². The molecule has 0 aromatic heterocycles. The van der Waals surface area contributed by atoms with Crippen LogP contribution in [0, 0.1) is 11.8 Å². The summed E-state index contributed by atoms with van der Waals surface area (Å²) in [5.41, 5.74) is 9.23. The van der Waals surface area contributed by atoms with E-state index in [1.165, 1.54) is 48.8 Å². The maximum absolute atomic E-state index is 3.97. The first-order valence-electron chi connectivity index (χ1n) is 8.81. The number of fused-ring (bicyclic) bond motifs is 1. The van der Waals surface area contributed by atoms with Crippen LogP contribution in [0.15, 0.2) is 58.2 Å². The van der Waals surface area contributed by atoms with Crippen molar-refractivity contribution in [2.24, 2.45) is 11.8 Å². The smallest absolute Gasteiger partial charge is 0.0130 e. The summed E-state index contributed by atoms with van der Waals surface area (Å²) in [4.78, 5) is 0. The number of hydrogen-bond donors (Lipinski definition) is 0. The molecule has 0 amide bonds. The zero-order valence-corrected chi connectivity index (χ0v) is 15.1. The molecular formula is C22H32. The third-order valence-corrected chi connectivity index (χ3v) is 5.83. The molecule has 0 radical (unpaired) electrons. The van der Waals surface area contributed by atoms with E-state index >= 15 is 0 Å². The molecule has 0 bridgehead atoms. The highest BCUT2D eigenvalue weighted by atomic mass is 14.3. The molecule has 0 nitrogen and oxygen atoms in total. The fourth-order valence-electron chi connectivity index (χ4n) is 4.00. The maximum atomic E-state index is 3.97. The van der Waals surface area contributed by atoms with Crippen LogP contribution in [0.5, 0.6) is 0 Å². The molecule has 0 saturated heterocycles. The Morgan fingerprint density at radius 1 is 1.41 bits per heavy atom. The molecule has 0 spiro atoms. The van der Waals surface area contributed by atoms with Crippen molar-refractivity contribution in [1.82, 2.24) is 0 Å². The summed E-state index contributed by atoms with van der Waals surface area (Å²) >= 11 is 0. The molecule has 1 fully saturated rings. The van der Waals surface area contributed by atoms with Crippen LogP contribution in [-0.4, -0.2) is 0 Å². The topological polar surface area (TPSA) is 0 Å². The number of allylic oxidation sites excluding steroid dienone is 9. The Hall–Kier alpha value is -1.30. The fourth-order valence-corrected chi connectivity index (χ4v) is 4.00. The van der Waals surface area contributed by atoms with Gasteiger partial charge in [-0.05, 0) is 93.9 Å². The highest BCUT2D eigenvalue weighted by molar-refractivity contribution is 5.43. The fraction of sp³-hybridized carbons (Fsp3) is 0.545. The van der Waals surface area contributed by atoms with E-state index in [9.17, 15) is 0 Å². The monoisotopic (exact) mass is 296 g/mol. The van der Waals surface area contributed by atoms with Gasteiger partial charge in [-0.15, -0.1) is 0 Å². The minimum Gasteiger partial charge on any atom is -0.0988 e. The molecule has 2 rings (SSSR count). The van der Waals surface area contributed by atoms with Crippen molar-refractivity contribution in [3.8, 4) is 0 Å². The lowest BCUT2D eigenvalue weighted by atomic mass is 9.74. The highest BCUT2D eigenvalue weighted by Crippen LogP contribution is 2.43. The largest absolute Gasteiger partial charge is 0.0988 e. The zero-order valence-electron chi connectivity index (χ0n) is 15.1. The minimum atomic E-state index is 0.739. The van der Waals surface area contributed by atoms with Crippen LogP contribution in [0.1, 0.15) is 66.7 Å². The highest BCUT2D eigenvalue weighted by Gasteiger charge is 2.28. The molecule has 0 heterocycles. The maximum Gasteiger partial charge on any atom is -0.0130 e. The predicted octanol–water partition coefficient (Wildman–Crippen LogP) is 6.93. The molecule has 2 aliphatic rings. The van der Waals surface area contributed by atoms with Crippen LogP contribution >= 0.6 is 0 Å². The van der Waals surface area contributed by atoms with E-state index in [0.29, 0.717) is 0 Å². The lowest BCUT2D eigenvalue weighted by Gasteiger charge is -2.31. The van der Waals surface area contributed by atoms with E-state index in [-0.39, 0.29) is 0 Å². The summed E-state index contributed by atoms with van der Waals surface area (Å²) in [5.74, 6) is 1.57. The van der Waals surface area contributed by atoms with Gasteiger partial charge >= 0.3 is 0 Å². The van der Waals surface area contributed by atoms with Gasteiger partial charge in [0.2, 0.25) is 0 Å². The predicted molar refractivity (Wildman–Crippen MR) is 98.9 cm³/mol. The van der Waals surface area contributed by atoms with Crippen LogP contribution in [0.2, 0.25) is 0 Å². The van der Waals surface area contributed by atoms with Gasteiger partial charge in [-0.2, -0.15) is 0 Å². The van der Waals surface area contributed by atoms with E-state index in [0.717, 1.165) is 11.8 Å². The summed E-state index contributed by atoms with van der Waals surface area (Å²) in [6, 6.07) is 0. The second-order valence-electron chi connectivity index (χ2n) is 7.21. The summed E-state index contributed by atoms with van der Waals surface area (Å²) in [6.07, 6.45) is 13.1. The SMILES string of the molecule is C=C/C(C)=C(CC(C)C1CCC2=C(C)CC=C2C1)\C(C)=C/C. The summed E-state index contributed by atoms with van der Waals surface area (Å²) < 4.78 is 0. The first kappa shape index (κ1) is 17.1. The van der Waals surface area contributed by atoms with E-state index < -0.39 is 0 Å². The molecule has 2 atom stereocenters. The molecule has 1 saturated carbocycles. The van der Waals surface area contributed by atoms with Gasteiger partial charge in [0.15, 0.2) is 0 Å². The van der Waals surface area contributed by atoms with E-state index in [2.05, 4.69) is 53.3 Å². The first-order chi connectivity index (χ1) is 10.5. The molecule has 0 aromatic rings. The van der Waals surface area contributed by atoms with Crippen molar-refractivity contribution in [3.63, 3.8) is 0 Å². The molecule has 2 aliphatic carbocycles. The Labute approximate surface area is 137 Å². The van der Waals surface area contributed by atoms with Crippen LogP contribution in [0.4, 0.5) is 0 Å². The van der Waals surface area contributed by atoms with Crippen LogP contribution in [0.3, 0.4) is 0 Å². The van der Waals surface area contributed by atoms with E-state index in [1.807, 2.05) is 6.08 Å². The first-order valence-corrected chi connectivity index (χ1v) is 8.81. The third-order valence-electron chi connectivity index (χ3n) is 5.83. The van der Waals surface area contributed by atoms with Crippen molar-refractivity contribution >= 4 is 0 Å². The van der Waals surface area contributed by atoms with Gasteiger partial charge in [-0.25, -0.2) is 0 Å². The van der Waals surface area contributed by atoms with Crippen molar-refractivity contribution in [2.75, 3.05) is 0 Å². The second-order valence-corrected chi connectivity index (χ2v) is 7.21. The average Bonchev–Trinajstić information content (AvgIpc) is 2.91. The van der Waals surface area contributed by atoms with Crippen LogP contribution in [-0.2, 0) is 0 Å². The lowest BCUT2D eigenvalue weighted by Crippen LogP contribution is -2.18. The van der Waals surface area contributed by atoms with Crippen molar-refractivity contribution < 1.29 is 0 Å². The second kappa shape index (κ2) is 7.31. The van der Waals surface area contributed by atoms with E-state index in [4.69, 9.17) is 0 Å². The normalized spacial score (nSPS) is 24.7. The summed E-state index contributed by atoms with van der Waals surface area (Å²) in [6.45, 7) is 15.3. The van der Waals surface area contributed by atoms with Gasteiger partial charge < -0.3 is 0 Å². The van der Waals surface area contributed by atoms with Gasteiger partial charge in [0.25, 0.3) is 0 Å². The van der Waals surface area contributed by atoms with Crippen molar-refractivity contribution in [3.05, 3.63) is 58.2 Å². The summed E-state index contributed by atoms with van der Waals surface area (Å²) in [7, 11) is 0. The molecule has 0 N–H and O–H groups in total. The Balaban J connectivity index is 2.09. The number of rotatable bonds is 5. The van der Waals surface area contributed by atoms with Gasteiger partial charge in [0.1, 0.15) is 0 Å². The Morgan fingerprint density at radius 2 is 2.14 bits per heavy atom. The molecule has 2 unspecified atom stereocenters. The molecule has 0 aliphatic heterocycles. The molecular weight excluding hydrogens is 264 g/mol. The van der Waals surface area contributed by atoms with Gasteiger partial charge in [0, 0.05) is 0 Å². The lowest BCUT2D eigenvalue weighted by molar-refractivity contribution is 0.317. The third kappa shape index (κ3) is 3.54. The molecule has 22 heavy (non-hydrogen) atoms. The Morgan fingerprint density at radius 3 is 2.77 bits per heavy atom. The van der Waals surface area contributed by atoms with E-state index in [1.54, 1.807) is 16.7 Å². The summed E-state index contributed by atoms with van der Waals surface area (Å²) in [5, 5.41) is 0. The van der Waals surface area contributed by atoms with Gasteiger partial charge in [-0.3, -0.25) is 0 Å². The average molecular weight is 296 g/mol. The molecule has 0 aromatic carbocycles. The van der Waals surface area contributed by atoms with Crippen LogP contribution < -0.4 is 0 Å². The van der Waals surface area contributed by atoms with Gasteiger partial charge in [0.05, 0.1) is 0 Å². The number of hydrogen-bond acceptors (Lipinski definition) is 0. The van der Waals surface area contributed by atoms with Crippen molar-refractivity contribution in [2.45, 2.75) is 66.7 Å². The standard InChI is InChI=1S/C22H32/c1-7-15(3)22(16(4)8-2)13-18(6)19-11-12-21-17(5)9-10-20(21)14-19/h7-8,10,18-19H,1,9,11-14H2,2-6H3/b16-8-,22-15-. The molecule has 120 valence electrons. The van der Waals surface area contributed by atoms with Gasteiger partial charge in [-0.1, -0.05) is 42.9 Å². The molecule has 0 heteroatoms. The zero-order chi connectivity index (χ0) is 16.3. The minimum absolute atomic E-state index is 0.739.